The van der Waals surface area contributed by atoms with Crippen LogP contribution in [0.5, 0.6) is 0 Å². The molecular weight excluding hydrogens is 158 g/mol. The first-order valence-electron chi connectivity index (χ1n) is 3.42. The highest BCUT2D eigenvalue weighted by Gasteiger charge is 1.94. The quantitative estimate of drug-likeness (QED) is 0.683. The van der Waals surface area contributed by atoms with Crippen molar-refractivity contribution in [3.05, 3.63) is 42.0 Å². The lowest BCUT2D eigenvalue weighted by Crippen LogP contribution is -1.99. The summed E-state index contributed by atoms with van der Waals surface area (Å²) < 4.78 is 0. The van der Waals surface area contributed by atoms with E-state index >= 15 is 0 Å². The van der Waals surface area contributed by atoms with Gasteiger partial charge in [0.15, 0.2) is 0 Å². The fourth-order valence-corrected chi connectivity index (χ4v) is 1.11. The Bertz CT molecular complexity index is 245. The molecule has 0 saturated carbocycles. The summed E-state index contributed by atoms with van der Waals surface area (Å²) in [6.07, 6.45) is 1.82. The van der Waals surface area contributed by atoms with Crippen LogP contribution in [0.4, 0.5) is 0 Å². The van der Waals surface area contributed by atoms with E-state index in [-0.39, 0.29) is 0 Å². The number of nitrogens with one attached hydrogen (secondary N) is 1. The molecule has 1 aromatic carbocycles. The van der Waals surface area contributed by atoms with Gasteiger partial charge in [-0.25, -0.2) is 4.84 Å². The zero-order valence-electron chi connectivity index (χ0n) is 6.18. The lowest BCUT2D eigenvalue weighted by Gasteiger charge is -2.02. The maximum absolute atomic E-state index is 5.38. The van der Waals surface area contributed by atoms with Crippen LogP contribution in [0, 0.1) is 0 Å². The molecule has 0 heterocycles. The van der Waals surface area contributed by atoms with Crippen molar-refractivity contribution in [1.29, 1.82) is 0 Å². The van der Waals surface area contributed by atoms with Crippen LogP contribution >= 0.6 is 11.8 Å². The van der Waals surface area contributed by atoms with Crippen molar-refractivity contribution >= 4 is 17.9 Å². The van der Waals surface area contributed by atoms with E-state index in [0.29, 0.717) is 6.54 Å². The minimum Gasteiger partial charge on any atom is -0.229 e. The van der Waals surface area contributed by atoms with Gasteiger partial charge in [0.1, 0.15) is 0 Å². The predicted octanol–water partition coefficient (Wildman–Crippen LogP) is 2.57. The number of halogens is 1. The summed E-state index contributed by atoms with van der Waals surface area (Å²) in [5, 5.41) is 0. The molecule has 0 bridgehead atoms. The minimum atomic E-state index is 0.670. The monoisotopic (exact) mass is 167 g/mol. The SMILES string of the molecule is C=Cc1ccccc1CNCl. The highest BCUT2D eigenvalue weighted by Crippen LogP contribution is 2.09. The maximum Gasteiger partial charge on any atom is 0.0365 e. The maximum atomic E-state index is 5.38. The van der Waals surface area contributed by atoms with E-state index in [1.165, 1.54) is 0 Å². The van der Waals surface area contributed by atoms with Crippen LogP contribution < -0.4 is 4.84 Å². The molecular formula is C9H10ClN. The topological polar surface area (TPSA) is 12.0 Å². The van der Waals surface area contributed by atoms with Gasteiger partial charge in [0.2, 0.25) is 0 Å². The molecule has 0 spiro atoms. The highest BCUT2D eigenvalue weighted by atomic mass is 35.5. The molecule has 0 aliphatic heterocycles. The predicted molar refractivity (Wildman–Crippen MR) is 49.2 cm³/mol. The van der Waals surface area contributed by atoms with E-state index in [0.717, 1.165) is 11.1 Å². The molecule has 2 heteroatoms. The summed E-state index contributed by atoms with van der Waals surface area (Å²) in [7, 11) is 0. The highest BCUT2D eigenvalue weighted by molar-refractivity contribution is 6.13. The minimum absolute atomic E-state index is 0.670. The molecule has 0 aliphatic carbocycles. The summed E-state index contributed by atoms with van der Waals surface area (Å²) in [4.78, 5) is 2.58. The normalized spacial score (nSPS) is 9.55. The van der Waals surface area contributed by atoms with Crippen LogP contribution in [0.2, 0.25) is 0 Å². The second-order valence-electron chi connectivity index (χ2n) is 2.21. The molecule has 1 aromatic rings. The molecule has 58 valence electrons. The summed E-state index contributed by atoms with van der Waals surface area (Å²) in [5.41, 5.74) is 2.29. The van der Waals surface area contributed by atoms with Crippen LogP contribution in [0.25, 0.3) is 6.08 Å². The van der Waals surface area contributed by atoms with Gasteiger partial charge in [0, 0.05) is 6.54 Å². The van der Waals surface area contributed by atoms with Gasteiger partial charge < -0.3 is 0 Å². The van der Waals surface area contributed by atoms with E-state index < -0.39 is 0 Å². The third kappa shape index (κ3) is 2.07. The summed E-state index contributed by atoms with van der Waals surface area (Å²) in [5.74, 6) is 0. The van der Waals surface area contributed by atoms with E-state index in [2.05, 4.69) is 11.4 Å². The fourth-order valence-electron chi connectivity index (χ4n) is 0.966. The molecule has 0 radical (unpaired) electrons. The molecule has 1 N–H and O–H groups in total. The molecule has 0 atom stereocenters. The molecule has 0 aliphatic rings. The molecule has 0 aromatic heterocycles. The molecule has 1 rings (SSSR count). The van der Waals surface area contributed by atoms with Crippen LogP contribution in [-0.2, 0) is 6.54 Å². The Hall–Kier alpha value is -0.790. The zero-order chi connectivity index (χ0) is 8.10. The second-order valence-corrected chi connectivity index (χ2v) is 2.48. The Kier molecular flexibility index (Phi) is 3.14. The number of hydrogen-bond acceptors (Lipinski definition) is 1. The van der Waals surface area contributed by atoms with Gasteiger partial charge in [0.25, 0.3) is 0 Å². The third-order valence-electron chi connectivity index (χ3n) is 1.53. The van der Waals surface area contributed by atoms with E-state index in [4.69, 9.17) is 11.8 Å². The molecule has 1 nitrogen and oxygen atoms in total. The Morgan fingerprint density at radius 1 is 1.45 bits per heavy atom. The van der Waals surface area contributed by atoms with E-state index in [1.54, 1.807) is 0 Å². The van der Waals surface area contributed by atoms with Crippen molar-refractivity contribution in [2.24, 2.45) is 0 Å². The lowest BCUT2D eigenvalue weighted by atomic mass is 10.1. The van der Waals surface area contributed by atoms with Crippen molar-refractivity contribution in [1.82, 2.24) is 4.84 Å². The average molecular weight is 168 g/mol. The average Bonchev–Trinajstić information content (AvgIpc) is 2.06. The van der Waals surface area contributed by atoms with Crippen molar-refractivity contribution in [3.8, 4) is 0 Å². The molecule has 0 saturated heterocycles. The number of rotatable bonds is 3. The fraction of sp³-hybridized carbons (Fsp3) is 0.111. The van der Waals surface area contributed by atoms with Gasteiger partial charge in [0.05, 0.1) is 0 Å². The first-order valence-corrected chi connectivity index (χ1v) is 3.80. The van der Waals surface area contributed by atoms with Crippen molar-refractivity contribution in [2.45, 2.75) is 6.54 Å². The van der Waals surface area contributed by atoms with Crippen LogP contribution in [0.15, 0.2) is 30.8 Å². The van der Waals surface area contributed by atoms with Crippen molar-refractivity contribution in [2.75, 3.05) is 0 Å². The summed E-state index contributed by atoms with van der Waals surface area (Å²) in [6.45, 7) is 4.37. The summed E-state index contributed by atoms with van der Waals surface area (Å²) >= 11 is 5.38. The van der Waals surface area contributed by atoms with Gasteiger partial charge in [-0.2, -0.15) is 0 Å². The van der Waals surface area contributed by atoms with Gasteiger partial charge in [-0.05, 0) is 22.9 Å². The number of hydrogen-bond donors (Lipinski definition) is 1. The van der Waals surface area contributed by atoms with Crippen molar-refractivity contribution < 1.29 is 0 Å². The van der Waals surface area contributed by atoms with Gasteiger partial charge in [-0.3, -0.25) is 0 Å². The molecule has 0 fully saturated rings. The summed E-state index contributed by atoms with van der Waals surface area (Å²) in [6, 6.07) is 7.99. The first kappa shape index (κ1) is 8.31. The Labute approximate surface area is 71.8 Å². The van der Waals surface area contributed by atoms with Crippen LogP contribution in [0.3, 0.4) is 0 Å². The van der Waals surface area contributed by atoms with E-state index in [1.807, 2.05) is 30.3 Å². The smallest absolute Gasteiger partial charge is 0.0365 e. The Balaban J connectivity index is 2.92. The van der Waals surface area contributed by atoms with Crippen LogP contribution in [-0.4, -0.2) is 0 Å². The van der Waals surface area contributed by atoms with Gasteiger partial charge in [-0.1, -0.05) is 36.9 Å². The molecule has 0 unspecified atom stereocenters. The third-order valence-corrected chi connectivity index (χ3v) is 1.67. The molecule has 11 heavy (non-hydrogen) atoms. The lowest BCUT2D eigenvalue weighted by molar-refractivity contribution is 0.961. The largest absolute Gasteiger partial charge is 0.229 e. The molecule has 0 amide bonds. The Morgan fingerprint density at radius 2 is 2.18 bits per heavy atom. The van der Waals surface area contributed by atoms with Gasteiger partial charge >= 0.3 is 0 Å². The van der Waals surface area contributed by atoms with Crippen molar-refractivity contribution in [3.63, 3.8) is 0 Å². The van der Waals surface area contributed by atoms with E-state index in [9.17, 15) is 0 Å². The Morgan fingerprint density at radius 3 is 2.82 bits per heavy atom. The van der Waals surface area contributed by atoms with Crippen LogP contribution in [0.1, 0.15) is 11.1 Å². The standard InChI is InChI=1S/C9H10ClN/c1-2-8-5-3-4-6-9(8)7-11-10/h2-6,11H,1,7H2. The second kappa shape index (κ2) is 4.16. The zero-order valence-corrected chi connectivity index (χ0v) is 6.93. The first-order chi connectivity index (χ1) is 5.38. The number of benzene rings is 1. The van der Waals surface area contributed by atoms with Gasteiger partial charge in [-0.15, -0.1) is 0 Å².